The van der Waals surface area contributed by atoms with Crippen LogP contribution in [0.1, 0.15) is 11.5 Å². The summed E-state index contributed by atoms with van der Waals surface area (Å²) >= 11 is 12.0. The van der Waals surface area contributed by atoms with Gasteiger partial charge in [0.25, 0.3) is 0 Å². The summed E-state index contributed by atoms with van der Waals surface area (Å²) in [5.74, 6) is -3.69. The molecule has 0 spiro atoms. The van der Waals surface area contributed by atoms with Crippen LogP contribution in [0.15, 0.2) is 60.9 Å². The Morgan fingerprint density at radius 1 is 1.09 bits per heavy atom. The number of carbonyl (C=O) groups excluding carboxylic acids is 2. The average Bonchev–Trinajstić information content (AvgIpc) is 3.22. The van der Waals surface area contributed by atoms with Crippen molar-refractivity contribution in [2.45, 2.75) is 5.92 Å². The number of H-pyrrole nitrogens is 1. The van der Waals surface area contributed by atoms with Gasteiger partial charge in [0.1, 0.15) is 17.3 Å². The minimum atomic E-state index is -1.47. The third-order valence-electron chi connectivity index (χ3n) is 4.66. The van der Waals surface area contributed by atoms with E-state index in [1.807, 2.05) is 0 Å². The fraction of sp³-hybridized carbons (Fsp3) is 0.0455. The molecule has 2 aromatic heterocycles. The number of nitrogens with one attached hydrogen (secondary N) is 2. The first-order valence-electron chi connectivity index (χ1n) is 9.28. The summed E-state index contributed by atoms with van der Waals surface area (Å²) in [7, 11) is 0. The summed E-state index contributed by atoms with van der Waals surface area (Å²) in [5.41, 5.74) is 6.27. The number of rotatable bonds is 6. The zero-order valence-corrected chi connectivity index (χ0v) is 17.7. The van der Waals surface area contributed by atoms with Crippen LogP contribution in [-0.4, -0.2) is 21.8 Å². The second kappa shape index (κ2) is 8.86. The molecule has 0 radical (unpaired) electrons. The molecule has 1 atom stereocenters. The molecule has 10 heteroatoms. The van der Waals surface area contributed by atoms with Crippen molar-refractivity contribution >= 4 is 51.7 Å². The molecule has 0 fully saturated rings. The van der Waals surface area contributed by atoms with E-state index < -0.39 is 23.5 Å². The molecule has 162 valence electrons. The van der Waals surface area contributed by atoms with Gasteiger partial charge in [-0.05, 0) is 48.0 Å². The van der Waals surface area contributed by atoms with Crippen molar-refractivity contribution in [2.24, 2.45) is 5.73 Å². The zero-order chi connectivity index (χ0) is 22.8. The molecule has 32 heavy (non-hydrogen) atoms. The lowest BCUT2D eigenvalue weighted by atomic mass is 9.97. The molecule has 4 rings (SSSR count). The van der Waals surface area contributed by atoms with E-state index in [1.165, 1.54) is 30.5 Å². The van der Waals surface area contributed by atoms with Crippen molar-refractivity contribution in [2.75, 3.05) is 5.32 Å². The second-order valence-corrected chi connectivity index (χ2v) is 7.63. The molecule has 0 aliphatic rings. The van der Waals surface area contributed by atoms with Gasteiger partial charge in [-0.15, -0.1) is 0 Å². The number of nitrogens with zero attached hydrogens (tertiary/aromatic N) is 1. The number of anilines is 1. The Kier molecular flexibility index (Phi) is 5.98. The number of primary amides is 1. The highest BCUT2D eigenvalue weighted by molar-refractivity contribution is 6.35. The molecule has 0 bridgehead atoms. The van der Waals surface area contributed by atoms with E-state index in [1.54, 1.807) is 24.4 Å². The van der Waals surface area contributed by atoms with Crippen molar-refractivity contribution in [3.8, 4) is 11.5 Å². The Labute approximate surface area is 191 Å². The maximum absolute atomic E-state index is 14.8. The van der Waals surface area contributed by atoms with E-state index in [4.69, 9.17) is 33.7 Å². The van der Waals surface area contributed by atoms with Crippen LogP contribution >= 0.6 is 23.2 Å². The molecule has 2 amide bonds. The number of aromatic nitrogens is 2. The highest BCUT2D eigenvalue weighted by Crippen LogP contribution is 2.32. The Hall–Kier alpha value is -3.62. The summed E-state index contributed by atoms with van der Waals surface area (Å²) in [6.07, 6.45) is 3.21. The lowest BCUT2D eigenvalue weighted by Gasteiger charge is -2.16. The minimum absolute atomic E-state index is 0.0551. The fourth-order valence-electron chi connectivity index (χ4n) is 3.17. The van der Waals surface area contributed by atoms with Crippen LogP contribution in [0, 0.1) is 5.82 Å². The fourth-order valence-corrected chi connectivity index (χ4v) is 3.50. The second-order valence-electron chi connectivity index (χ2n) is 6.79. The first-order chi connectivity index (χ1) is 15.3. The van der Waals surface area contributed by atoms with Crippen LogP contribution in [0.25, 0.3) is 11.0 Å². The van der Waals surface area contributed by atoms with Gasteiger partial charge in [0.05, 0.1) is 16.1 Å². The number of pyridine rings is 1. The molecular formula is C22H15Cl2FN4O3. The maximum Gasteiger partial charge on any atom is 0.241 e. The van der Waals surface area contributed by atoms with Gasteiger partial charge in [0.15, 0.2) is 11.6 Å². The van der Waals surface area contributed by atoms with Gasteiger partial charge in [0.2, 0.25) is 11.8 Å². The van der Waals surface area contributed by atoms with E-state index in [-0.39, 0.29) is 22.0 Å². The highest BCUT2D eigenvalue weighted by atomic mass is 35.5. The molecule has 2 aromatic carbocycles. The summed E-state index contributed by atoms with van der Waals surface area (Å²) in [4.78, 5) is 31.9. The Bertz CT molecular complexity index is 1340. The van der Waals surface area contributed by atoms with E-state index >= 15 is 0 Å². The first kappa shape index (κ1) is 21.6. The van der Waals surface area contributed by atoms with E-state index in [2.05, 4.69) is 15.3 Å². The number of halogens is 3. The van der Waals surface area contributed by atoms with Crippen molar-refractivity contribution in [3.05, 3.63) is 82.4 Å². The molecule has 0 aliphatic heterocycles. The summed E-state index contributed by atoms with van der Waals surface area (Å²) in [5, 5.41) is 3.72. The van der Waals surface area contributed by atoms with Crippen molar-refractivity contribution in [1.82, 2.24) is 9.97 Å². The standard InChI is InChI=1S/C22H15Cl2FN4O3/c23-12-2-3-14(24)16(10-12)29-22(31)19(20(26)30)11-1-4-18(15(25)9-11)32-17-6-8-28-21-13(17)5-7-27-21/h1-10,19H,(H2,26,30)(H,27,28)(H,29,31). The number of ether oxygens (including phenoxy) is 1. The van der Waals surface area contributed by atoms with Crippen LogP contribution in [0.2, 0.25) is 10.0 Å². The quantitative estimate of drug-likeness (QED) is 0.342. The first-order valence-corrected chi connectivity index (χ1v) is 10.0. The van der Waals surface area contributed by atoms with E-state index in [0.717, 1.165) is 6.07 Å². The minimum Gasteiger partial charge on any atom is -0.453 e. The van der Waals surface area contributed by atoms with Crippen LogP contribution in [0.4, 0.5) is 10.1 Å². The number of fused-ring (bicyclic) bond motifs is 1. The van der Waals surface area contributed by atoms with Crippen molar-refractivity contribution < 1.29 is 18.7 Å². The monoisotopic (exact) mass is 472 g/mol. The van der Waals surface area contributed by atoms with Gasteiger partial charge >= 0.3 is 0 Å². The van der Waals surface area contributed by atoms with Crippen LogP contribution in [0.5, 0.6) is 11.5 Å². The number of nitrogens with two attached hydrogens (primary N) is 1. The normalized spacial score (nSPS) is 11.8. The summed E-state index contributed by atoms with van der Waals surface area (Å²) in [6.45, 7) is 0. The highest BCUT2D eigenvalue weighted by Gasteiger charge is 2.28. The van der Waals surface area contributed by atoms with Gasteiger partial charge in [-0.25, -0.2) is 9.37 Å². The molecule has 0 saturated heterocycles. The van der Waals surface area contributed by atoms with Gasteiger partial charge in [-0.2, -0.15) is 0 Å². The van der Waals surface area contributed by atoms with Gasteiger partial charge < -0.3 is 20.8 Å². The zero-order valence-electron chi connectivity index (χ0n) is 16.2. The van der Waals surface area contributed by atoms with Crippen LogP contribution in [-0.2, 0) is 9.59 Å². The SMILES string of the molecule is NC(=O)C(C(=O)Nc1cc(Cl)ccc1Cl)c1ccc(Oc2ccnc3[nH]ccc23)c(F)c1. The number of carbonyl (C=O) groups is 2. The number of benzene rings is 2. The lowest BCUT2D eigenvalue weighted by Crippen LogP contribution is -2.32. The maximum atomic E-state index is 14.8. The average molecular weight is 473 g/mol. The van der Waals surface area contributed by atoms with Gasteiger partial charge in [-0.3, -0.25) is 9.59 Å². The topological polar surface area (TPSA) is 110 Å². The molecule has 4 aromatic rings. The van der Waals surface area contributed by atoms with E-state index in [9.17, 15) is 14.0 Å². The number of amides is 2. The van der Waals surface area contributed by atoms with Gasteiger partial charge in [0, 0.05) is 17.4 Å². The predicted octanol–water partition coefficient (Wildman–Crippen LogP) is 5.01. The molecule has 1 unspecified atom stereocenters. The Morgan fingerprint density at radius 3 is 2.66 bits per heavy atom. The summed E-state index contributed by atoms with van der Waals surface area (Å²) < 4.78 is 20.5. The van der Waals surface area contributed by atoms with Gasteiger partial charge in [-0.1, -0.05) is 29.3 Å². The van der Waals surface area contributed by atoms with Crippen LogP contribution < -0.4 is 15.8 Å². The smallest absolute Gasteiger partial charge is 0.241 e. The molecule has 0 aliphatic carbocycles. The van der Waals surface area contributed by atoms with Crippen LogP contribution in [0.3, 0.4) is 0 Å². The molecule has 0 saturated carbocycles. The summed E-state index contributed by atoms with van der Waals surface area (Å²) in [6, 6.07) is 11.5. The predicted molar refractivity (Wildman–Crippen MR) is 120 cm³/mol. The van der Waals surface area contributed by atoms with Crippen molar-refractivity contribution in [1.29, 1.82) is 0 Å². The largest absolute Gasteiger partial charge is 0.453 e. The third-order valence-corrected chi connectivity index (χ3v) is 5.23. The number of hydrogen-bond donors (Lipinski definition) is 3. The Balaban J connectivity index is 1.60. The van der Waals surface area contributed by atoms with Crippen molar-refractivity contribution in [3.63, 3.8) is 0 Å². The molecule has 4 N–H and O–H groups in total. The number of hydrogen-bond acceptors (Lipinski definition) is 4. The third kappa shape index (κ3) is 4.37. The lowest BCUT2D eigenvalue weighted by molar-refractivity contribution is -0.127. The molecule has 7 nitrogen and oxygen atoms in total. The molecular weight excluding hydrogens is 458 g/mol. The Morgan fingerprint density at radius 2 is 1.91 bits per heavy atom. The number of aromatic amines is 1. The molecule has 2 heterocycles. The van der Waals surface area contributed by atoms with E-state index in [0.29, 0.717) is 21.8 Å².